The van der Waals surface area contributed by atoms with Gasteiger partial charge in [-0.1, -0.05) is 29.8 Å². The number of rotatable bonds is 5. The van der Waals surface area contributed by atoms with E-state index in [1.807, 2.05) is 31.2 Å². The monoisotopic (exact) mass is 417 g/mol. The molecule has 26 heavy (non-hydrogen) atoms. The summed E-state index contributed by atoms with van der Waals surface area (Å²) in [7, 11) is 0. The lowest BCUT2D eigenvalue weighted by atomic mass is 9.97. The first-order valence-corrected chi connectivity index (χ1v) is 9.82. The van der Waals surface area contributed by atoms with Gasteiger partial charge >= 0.3 is 0 Å². The maximum atomic E-state index is 10.4. The number of nitrogens with one attached hydrogen (secondary N) is 1. The van der Waals surface area contributed by atoms with Crippen LogP contribution in [0.15, 0.2) is 53.0 Å². The first-order chi connectivity index (χ1) is 12.5. The van der Waals surface area contributed by atoms with Gasteiger partial charge in [0, 0.05) is 22.2 Å². The van der Waals surface area contributed by atoms with Crippen LogP contribution in [0.3, 0.4) is 0 Å². The van der Waals surface area contributed by atoms with Crippen molar-refractivity contribution in [3.63, 3.8) is 0 Å². The smallest absolute Gasteiger partial charge is 0.162 e. The van der Waals surface area contributed by atoms with Crippen molar-refractivity contribution in [2.75, 3.05) is 6.61 Å². The van der Waals surface area contributed by atoms with Gasteiger partial charge in [-0.3, -0.25) is 0 Å². The number of benzene rings is 2. The molecule has 4 N–H and O–H groups in total. The van der Waals surface area contributed by atoms with Crippen molar-refractivity contribution in [2.45, 2.75) is 33.0 Å². The van der Waals surface area contributed by atoms with Crippen LogP contribution in [0.2, 0.25) is 0 Å². The molecule has 2 aromatic carbocycles. The van der Waals surface area contributed by atoms with Gasteiger partial charge in [0.2, 0.25) is 0 Å². The number of hydrogen-bond donors (Lipinski definition) is 3. The van der Waals surface area contributed by atoms with Crippen LogP contribution >= 0.6 is 15.9 Å². The third-order valence-electron chi connectivity index (χ3n) is 4.63. The largest absolute Gasteiger partial charge is 0.507 e. The van der Waals surface area contributed by atoms with E-state index in [4.69, 9.17) is 4.74 Å². The molecule has 2 atom stereocenters. The van der Waals surface area contributed by atoms with Gasteiger partial charge in [-0.05, 0) is 55.0 Å². The highest BCUT2D eigenvalue weighted by atomic mass is 79.9. The van der Waals surface area contributed by atoms with E-state index in [9.17, 15) is 5.11 Å². The highest BCUT2D eigenvalue weighted by Gasteiger charge is 2.30. The number of phenolic OH excluding ortho intramolecular Hbond substituents is 1. The van der Waals surface area contributed by atoms with Crippen LogP contribution in [0.25, 0.3) is 5.70 Å². The van der Waals surface area contributed by atoms with Crippen molar-refractivity contribution >= 4 is 21.6 Å². The fourth-order valence-corrected chi connectivity index (χ4v) is 3.56. The number of hydrogen-bond acceptors (Lipinski definition) is 3. The number of quaternary nitrogens is 1. The Bertz CT molecular complexity index is 787. The van der Waals surface area contributed by atoms with Gasteiger partial charge in [0.05, 0.1) is 12.2 Å². The molecular formula is C21H26BrN2O2+. The Labute approximate surface area is 163 Å². The van der Waals surface area contributed by atoms with E-state index in [1.165, 1.54) is 0 Å². The Morgan fingerprint density at radius 1 is 1.19 bits per heavy atom. The van der Waals surface area contributed by atoms with Crippen molar-refractivity contribution in [1.29, 1.82) is 0 Å². The molecule has 0 amide bonds. The number of halogens is 1. The normalized spacial score (nSPS) is 19.8. The zero-order valence-corrected chi connectivity index (χ0v) is 17.0. The van der Waals surface area contributed by atoms with Crippen molar-refractivity contribution in [3.8, 4) is 11.5 Å². The molecule has 0 saturated heterocycles. The average Bonchev–Trinajstić information content (AvgIpc) is 2.64. The van der Waals surface area contributed by atoms with Gasteiger partial charge < -0.3 is 20.5 Å². The summed E-state index contributed by atoms with van der Waals surface area (Å²) in [4.78, 5) is 0. The highest BCUT2D eigenvalue weighted by Crippen LogP contribution is 2.30. The molecule has 1 aliphatic rings. The standard InChI is InChI=1S/C21H25BrN2O2/c1-4-26-16-8-5-14(6-9-16)18-12-19(24-21(23-18)13(2)3)17-11-15(22)7-10-20(17)25/h5-13,19,21,23-25H,4H2,1-3H3/p+1. The summed E-state index contributed by atoms with van der Waals surface area (Å²) in [5, 5.41) is 16.3. The number of nitrogens with two attached hydrogens (primary N) is 1. The zero-order valence-electron chi connectivity index (χ0n) is 15.4. The minimum Gasteiger partial charge on any atom is -0.507 e. The molecule has 0 fully saturated rings. The molecule has 3 rings (SSSR count). The number of phenols is 1. The molecule has 138 valence electrons. The van der Waals surface area contributed by atoms with Crippen LogP contribution in [0.1, 0.15) is 37.9 Å². The lowest BCUT2D eigenvalue weighted by molar-refractivity contribution is -0.729. The van der Waals surface area contributed by atoms with Gasteiger partial charge in [0.15, 0.2) is 6.17 Å². The van der Waals surface area contributed by atoms with E-state index in [0.29, 0.717) is 18.3 Å². The molecule has 2 unspecified atom stereocenters. The van der Waals surface area contributed by atoms with Gasteiger partial charge in [0.25, 0.3) is 0 Å². The molecular weight excluding hydrogens is 392 g/mol. The summed E-state index contributed by atoms with van der Waals surface area (Å²) in [5.41, 5.74) is 3.11. The second-order valence-electron chi connectivity index (χ2n) is 6.87. The van der Waals surface area contributed by atoms with Crippen LogP contribution in [0.5, 0.6) is 11.5 Å². The molecule has 1 aliphatic heterocycles. The van der Waals surface area contributed by atoms with E-state index in [2.05, 4.69) is 58.6 Å². The van der Waals surface area contributed by atoms with Gasteiger partial charge in [-0.25, -0.2) is 0 Å². The van der Waals surface area contributed by atoms with Crippen LogP contribution in [-0.4, -0.2) is 17.9 Å². The maximum absolute atomic E-state index is 10.4. The van der Waals surface area contributed by atoms with Crippen LogP contribution < -0.4 is 15.4 Å². The average molecular weight is 418 g/mol. The zero-order chi connectivity index (χ0) is 18.7. The fraction of sp³-hybridized carbons (Fsp3) is 0.333. The third-order valence-corrected chi connectivity index (χ3v) is 5.12. The predicted octanol–water partition coefficient (Wildman–Crippen LogP) is 3.78. The first-order valence-electron chi connectivity index (χ1n) is 9.03. The molecule has 5 heteroatoms. The summed E-state index contributed by atoms with van der Waals surface area (Å²) in [6.45, 7) is 7.05. The predicted molar refractivity (Wildman–Crippen MR) is 108 cm³/mol. The van der Waals surface area contributed by atoms with Crippen LogP contribution in [-0.2, 0) is 0 Å². The van der Waals surface area contributed by atoms with Crippen molar-refractivity contribution in [3.05, 3.63) is 64.1 Å². The molecule has 0 aromatic heterocycles. The Morgan fingerprint density at radius 3 is 2.58 bits per heavy atom. The quantitative estimate of drug-likeness (QED) is 0.693. The Hall–Kier alpha value is -1.98. The van der Waals surface area contributed by atoms with Crippen molar-refractivity contribution < 1.29 is 15.2 Å². The molecule has 1 heterocycles. The lowest BCUT2D eigenvalue weighted by Crippen LogP contribution is -2.96. The van der Waals surface area contributed by atoms with Crippen molar-refractivity contribution in [2.24, 2.45) is 5.92 Å². The maximum Gasteiger partial charge on any atom is 0.162 e. The Morgan fingerprint density at radius 2 is 1.92 bits per heavy atom. The topological polar surface area (TPSA) is 58.1 Å². The molecule has 0 spiro atoms. The molecule has 0 saturated carbocycles. The molecule has 0 bridgehead atoms. The molecule has 0 aliphatic carbocycles. The van der Waals surface area contributed by atoms with Gasteiger partial charge in [-0.2, -0.15) is 0 Å². The number of ether oxygens (including phenoxy) is 1. The second kappa shape index (κ2) is 8.14. The van der Waals surface area contributed by atoms with E-state index in [0.717, 1.165) is 27.0 Å². The lowest BCUT2D eigenvalue weighted by Gasteiger charge is -2.32. The summed E-state index contributed by atoms with van der Waals surface area (Å²) in [6.07, 6.45) is 2.40. The summed E-state index contributed by atoms with van der Waals surface area (Å²) in [5.74, 6) is 1.64. The molecule has 0 radical (unpaired) electrons. The Kier molecular flexibility index (Phi) is 5.89. The van der Waals surface area contributed by atoms with E-state index in [-0.39, 0.29) is 12.2 Å². The van der Waals surface area contributed by atoms with Gasteiger partial charge in [0.1, 0.15) is 17.5 Å². The van der Waals surface area contributed by atoms with Crippen molar-refractivity contribution in [1.82, 2.24) is 5.32 Å². The van der Waals surface area contributed by atoms with Crippen LogP contribution in [0.4, 0.5) is 0 Å². The fourth-order valence-electron chi connectivity index (χ4n) is 3.19. The summed E-state index contributed by atoms with van der Waals surface area (Å²) < 4.78 is 6.51. The summed E-state index contributed by atoms with van der Waals surface area (Å²) in [6, 6.07) is 13.8. The first kappa shape index (κ1) is 18.8. The van der Waals surface area contributed by atoms with E-state index in [1.54, 1.807) is 6.07 Å². The highest BCUT2D eigenvalue weighted by molar-refractivity contribution is 9.10. The minimum absolute atomic E-state index is 0.0442. The Balaban J connectivity index is 1.96. The van der Waals surface area contributed by atoms with E-state index < -0.39 is 0 Å². The summed E-state index contributed by atoms with van der Waals surface area (Å²) >= 11 is 3.51. The molecule has 2 aromatic rings. The van der Waals surface area contributed by atoms with Crippen LogP contribution in [0, 0.1) is 5.92 Å². The number of aromatic hydroxyl groups is 1. The van der Waals surface area contributed by atoms with Gasteiger partial charge in [-0.15, -0.1) is 0 Å². The molecule has 4 nitrogen and oxygen atoms in total. The SMILES string of the molecule is CCOc1ccc(C2=CC(c3cc(Br)ccc3O)[NH2+]C(C(C)C)N2)cc1. The minimum atomic E-state index is 0.0442. The third kappa shape index (κ3) is 4.22. The van der Waals surface area contributed by atoms with E-state index >= 15 is 0 Å². The second-order valence-corrected chi connectivity index (χ2v) is 7.79.